The smallest absolute Gasteiger partial charge is 0.0876 e. The lowest BCUT2D eigenvalue weighted by molar-refractivity contribution is -0.0567. The molecule has 0 heterocycles. The molecule has 0 spiro atoms. The number of hydrogen-bond donors (Lipinski definition) is 0. The van der Waals surface area contributed by atoms with Gasteiger partial charge in [-0.2, -0.15) is 0 Å². The van der Waals surface area contributed by atoms with Crippen molar-refractivity contribution in [3.05, 3.63) is 35.4 Å². The SMILES string of the molecule is COCCOCCOCCOC(C)(C)c1ccc(C(C)C)cc1. The van der Waals surface area contributed by atoms with Gasteiger partial charge in [0.05, 0.1) is 45.2 Å². The van der Waals surface area contributed by atoms with Gasteiger partial charge in [0.1, 0.15) is 0 Å². The van der Waals surface area contributed by atoms with Gasteiger partial charge in [-0.3, -0.25) is 0 Å². The number of hydrogen-bond acceptors (Lipinski definition) is 4. The molecular weight excluding hydrogens is 292 g/mol. The van der Waals surface area contributed by atoms with Crippen molar-refractivity contribution >= 4 is 0 Å². The summed E-state index contributed by atoms with van der Waals surface area (Å²) in [6.07, 6.45) is 0. The molecule has 0 saturated heterocycles. The Balaban J connectivity index is 2.22. The normalized spacial score (nSPS) is 12.1. The van der Waals surface area contributed by atoms with E-state index in [0.717, 1.165) is 0 Å². The van der Waals surface area contributed by atoms with E-state index in [4.69, 9.17) is 18.9 Å². The highest BCUT2D eigenvalue weighted by atomic mass is 16.6. The Morgan fingerprint density at radius 3 is 1.87 bits per heavy atom. The molecule has 1 aromatic rings. The van der Waals surface area contributed by atoms with Crippen molar-refractivity contribution in [1.82, 2.24) is 0 Å². The Morgan fingerprint density at radius 2 is 1.35 bits per heavy atom. The van der Waals surface area contributed by atoms with E-state index in [9.17, 15) is 0 Å². The lowest BCUT2D eigenvalue weighted by atomic mass is 9.94. The first-order chi connectivity index (χ1) is 11.0. The third-order valence-electron chi connectivity index (χ3n) is 3.77. The van der Waals surface area contributed by atoms with E-state index < -0.39 is 0 Å². The van der Waals surface area contributed by atoms with Crippen LogP contribution < -0.4 is 0 Å². The van der Waals surface area contributed by atoms with Crippen LogP contribution in [0.3, 0.4) is 0 Å². The molecule has 0 radical (unpaired) electrons. The molecule has 0 aliphatic carbocycles. The van der Waals surface area contributed by atoms with Crippen LogP contribution in [0.2, 0.25) is 0 Å². The summed E-state index contributed by atoms with van der Waals surface area (Å²) >= 11 is 0. The zero-order valence-electron chi connectivity index (χ0n) is 15.3. The molecule has 23 heavy (non-hydrogen) atoms. The summed E-state index contributed by atoms with van der Waals surface area (Å²) in [7, 11) is 1.66. The summed E-state index contributed by atoms with van der Waals surface area (Å²) < 4.78 is 21.7. The molecule has 0 aliphatic rings. The van der Waals surface area contributed by atoms with Crippen molar-refractivity contribution in [3.8, 4) is 0 Å². The molecule has 0 aromatic heterocycles. The van der Waals surface area contributed by atoms with Gasteiger partial charge in [0.25, 0.3) is 0 Å². The topological polar surface area (TPSA) is 36.9 Å². The van der Waals surface area contributed by atoms with Gasteiger partial charge in [-0.15, -0.1) is 0 Å². The van der Waals surface area contributed by atoms with Crippen LogP contribution in [0.25, 0.3) is 0 Å². The molecule has 4 nitrogen and oxygen atoms in total. The highest BCUT2D eigenvalue weighted by Gasteiger charge is 2.21. The van der Waals surface area contributed by atoms with Gasteiger partial charge < -0.3 is 18.9 Å². The molecule has 0 saturated carbocycles. The zero-order chi connectivity index (χ0) is 17.1. The van der Waals surface area contributed by atoms with E-state index in [0.29, 0.717) is 45.6 Å². The maximum atomic E-state index is 5.98. The van der Waals surface area contributed by atoms with Crippen LogP contribution in [-0.4, -0.2) is 46.8 Å². The number of benzene rings is 1. The molecule has 0 bridgehead atoms. The Hall–Kier alpha value is -0.940. The van der Waals surface area contributed by atoms with Crippen molar-refractivity contribution in [2.24, 2.45) is 0 Å². The summed E-state index contributed by atoms with van der Waals surface area (Å²) in [5.74, 6) is 0.549. The quantitative estimate of drug-likeness (QED) is 0.549. The highest BCUT2D eigenvalue weighted by Crippen LogP contribution is 2.26. The molecule has 1 aromatic carbocycles. The Bertz CT molecular complexity index is 412. The molecular formula is C19H32O4. The average Bonchev–Trinajstić information content (AvgIpc) is 2.53. The minimum absolute atomic E-state index is 0.312. The first-order valence-corrected chi connectivity index (χ1v) is 8.36. The fraction of sp³-hybridized carbons (Fsp3) is 0.684. The van der Waals surface area contributed by atoms with E-state index in [1.165, 1.54) is 11.1 Å². The van der Waals surface area contributed by atoms with Crippen molar-refractivity contribution < 1.29 is 18.9 Å². The van der Waals surface area contributed by atoms with Gasteiger partial charge in [-0.05, 0) is 30.9 Å². The molecule has 0 aliphatic heterocycles. The molecule has 1 rings (SSSR count). The van der Waals surface area contributed by atoms with Gasteiger partial charge in [0, 0.05) is 7.11 Å². The maximum absolute atomic E-state index is 5.98. The second-order valence-electron chi connectivity index (χ2n) is 6.35. The predicted octanol–water partition coefficient (Wildman–Crippen LogP) is 3.74. The molecule has 0 fully saturated rings. The lowest BCUT2D eigenvalue weighted by Gasteiger charge is -2.26. The molecule has 4 heteroatoms. The predicted molar refractivity (Wildman–Crippen MR) is 93.0 cm³/mol. The van der Waals surface area contributed by atoms with Gasteiger partial charge in [-0.25, -0.2) is 0 Å². The van der Waals surface area contributed by atoms with Crippen molar-refractivity contribution in [2.45, 2.75) is 39.2 Å². The molecule has 0 unspecified atom stereocenters. The van der Waals surface area contributed by atoms with E-state index >= 15 is 0 Å². The molecule has 0 N–H and O–H groups in total. The molecule has 0 atom stereocenters. The Labute approximate surface area is 141 Å². The third-order valence-corrected chi connectivity index (χ3v) is 3.77. The first kappa shape index (κ1) is 20.1. The van der Waals surface area contributed by atoms with E-state index in [2.05, 4.69) is 52.0 Å². The van der Waals surface area contributed by atoms with Crippen molar-refractivity contribution in [3.63, 3.8) is 0 Å². The van der Waals surface area contributed by atoms with Gasteiger partial charge in [0.2, 0.25) is 0 Å². The van der Waals surface area contributed by atoms with Crippen LogP contribution in [0.15, 0.2) is 24.3 Å². The lowest BCUT2D eigenvalue weighted by Crippen LogP contribution is -2.24. The van der Waals surface area contributed by atoms with Gasteiger partial charge >= 0.3 is 0 Å². The van der Waals surface area contributed by atoms with E-state index in [1.54, 1.807) is 7.11 Å². The maximum Gasteiger partial charge on any atom is 0.0876 e. The van der Waals surface area contributed by atoms with Crippen molar-refractivity contribution in [2.75, 3.05) is 46.8 Å². The largest absolute Gasteiger partial charge is 0.382 e. The monoisotopic (exact) mass is 324 g/mol. The number of rotatable bonds is 12. The summed E-state index contributed by atoms with van der Waals surface area (Å²) in [6.45, 7) is 12.1. The van der Waals surface area contributed by atoms with Crippen LogP contribution in [0, 0.1) is 0 Å². The van der Waals surface area contributed by atoms with Crippen LogP contribution in [-0.2, 0) is 24.5 Å². The number of methoxy groups -OCH3 is 1. The summed E-state index contributed by atoms with van der Waals surface area (Å²) in [6, 6.07) is 8.66. The first-order valence-electron chi connectivity index (χ1n) is 8.36. The second-order valence-corrected chi connectivity index (χ2v) is 6.35. The zero-order valence-corrected chi connectivity index (χ0v) is 15.3. The third kappa shape index (κ3) is 7.93. The van der Waals surface area contributed by atoms with Gasteiger partial charge in [-0.1, -0.05) is 38.1 Å². The van der Waals surface area contributed by atoms with E-state index in [-0.39, 0.29) is 5.60 Å². The van der Waals surface area contributed by atoms with Crippen LogP contribution in [0.5, 0.6) is 0 Å². The summed E-state index contributed by atoms with van der Waals surface area (Å²) in [5.41, 5.74) is 2.22. The molecule has 0 amide bonds. The second kappa shape index (κ2) is 10.8. The van der Waals surface area contributed by atoms with Crippen molar-refractivity contribution in [1.29, 1.82) is 0 Å². The fourth-order valence-corrected chi connectivity index (χ4v) is 2.17. The van der Waals surface area contributed by atoms with Crippen LogP contribution in [0.1, 0.15) is 44.7 Å². The standard InChI is InChI=1S/C19H32O4/c1-16(2)17-6-8-18(9-7-17)19(3,4)23-15-14-22-13-12-21-11-10-20-5/h6-9,16H,10-15H2,1-5H3. The minimum atomic E-state index is -0.312. The highest BCUT2D eigenvalue weighted by molar-refractivity contribution is 5.28. The average molecular weight is 324 g/mol. The van der Waals surface area contributed by atoms with Gasteiger partial charge in [0.15, 0.2) is 0 Å². The minimum Gasteiger partial charge on any atom is -0.382 e. The summed E-state index contributed by atoms with van der Waals surface area (Å²) in [5, 5.41) is 0. The molecule has 132 valence electrons. The Morgan fingerprint density at radius 1 is 0.826 bits per heavy atom. The van der Waals surface area contributed by atoms with E-state index in [1.807, 2.05) is 0 Å². The number of ether oxygens (including phenoxy) is 4. The summed E-state index contributed by atoms with van der Waals surface area (Å²) in [4.78, 5) is 0. The Kier molecular flexibility index (Phi) is 9.41. The van der Waals surface area contributed by atoms with Crippen LogP contribution in [0.4, 0.5) is 0 Å². The van der Waals surface area contributed by atoms with Crippen LogP contribution >= 0.6 is 0 Å². The fourth-order valence-electron chi connectivity index (χ4n) is 2.17.